The predicted molar refractivity (Wildman–Crippen MR) is 102 cm³/mol. The summed E-state index contributed by atoms with van der Waals surface area (Å²) in [5.74, 6) is -0.303. The van der Waals surface area contributed by atoms with Gasteiger partial charge < -0.3 is 14.8 Å². The maximum absolute atomic E-state index is 12.2. The van der Waals surface area contributed by atoms with E-state index in [1.165, 1.54) is 0 Å². The SMILES string of the molecule is COc1ccccc1CNC(=O)COC(=O)c1ccc2nc(Cl)ccc2c1. The van der Waals surface area contributed by atoms with E-state index in [2.05, 4.69) is 10.3 Å². The second-order valence-corrected chi connectivity index (χ2v) is 6.09. The minimum Gasteiger partial charge on any atom is -0.496 e. The number of halogens is 1. The molecule has 0 saturated carbocycles. The lowest BCUT2D eigenvalue weighted by Crippen LogP contribution is -2.28. The Morgan fingerprint density at radius 2 is 1.93 bits per heavy atom. The lowest BCUT2D eigenvalue weighted by molar-refractivity contribution is -0.124. The molecule has 2 aromatic carbocycles. The average molecular weight is 385 g/mol. The van der Waals surface area contributed by atoms with Crippen LogP contribution in [0.2, 0.25) is 5.15 Å². The van der Waals surface area contributed by atoms with Crippen LogP contribution in [-0.2, 0) is 16.1 Å². The quantitative estimate of drug-likeness (QED) is 0.520. The standard InChI is InChI=1S/C20H17ClN2O4/c1-26-17-5-3-2-4-15(17)11-22-19(24)12-27-20(25)14-6-8-16-13(10-14)7-9-18(21)23-16/h2-10H,11-12H2,1H3,(H,22,24). The zero-order valence-corrected chi connectivity index (χ0v) is 15.3. The average Bonchev–Trinajstić information content (AvgIpc) is 2.70. The van der Waals surface area contributed by atoms with E-state index in [1.807, 2.05) is 24.3 Å². The van der Waals surface area contributed by atoms with Gasteiger partial charge in [-0.05, 0) is 36.4 Å². The van der Waals surface area contributed by atoms with Gasteiger partial charge in [-0.25, -0.2) is 9.78 Å². The highest BCUT2D eigenvalue weighted by atomic mass is 35.5. The molecule has 0 bridgehead atoms. The first-order valence-corrected chi connectivity index (χ1v) is 8.56. The van der Waals surface area contributed by atoms with Crippen molar-refractivity contribution in [3.05, 3.63) is 70.9 Å². The molecule has 0 aliphatic heterocycles. The molecule has 1 heterocycles. The van der Waals surface area contributed by atoms with Crippen LogP contribution in [0, 0.1) is 0 Å². The summed E-state index contributed by atoms with van der Waals surface area (Å²) >= 11 is 5.84. The van der Waals surface area contributed by atoms with E-state index in [-0.39, 0.29) is 13.2 Å². The Kier molecular flexibility index (Phi) is 5.88. The van der Waals surface area contributed by atoms with Gasteiger partial charge in [0, 0.05) is 17.5 Å². The molecule has 0 radical (unpaired) electrons. The van der Waals surface area contributed by atoms with Crippen molar-refractivity contribution in [2.45, 2.75) is 6.54 Å². The highest BCUT2D eigenvalue weighted by Crippen LogP contribution is 2.18. The van der Waals surface area contributed by atoms with Crippen LogP contribution in [0.1, 0.15) is 15.9 Å². The van der Waals surface area contributed by atoms with Crippen molar-refractivity contribution >= 4 is 34.4 Å². The number of nitrogens with zero attached hydrogens (tertiary/aromatic N) is 1. The van der Waals surface area contributed by atoms with Gasteiger partial charge in [0.25, 0.3) is 5.91 Å². The third-order valence-electron chi connectivity index (χ3n) is 3.89. The van der Waals surface area contributed by atoms with Crippen LogP contribution in [0.3, 0.4) is 0 Å². The lowest BCUT2D eigenvalue weighted by Gasteiger charge is -2.10. The molecular weight excluding hydrogens is 368 g/mol. The van der Waals surface area contributed by atoms with Crippen molar-refractivity contribution in [2.75, 3.05) is 13.7 Å². The number of pyridine rings is 1. The Labute approximate surface area is 161 Å². The smallest absolute Gasteiger partial charge is 0.338 e. The Hall–Kier alpha value is -3.12. The van der Waals surface area contributed by atoms with Crippen molar-refractivity contribution in [1.29, 1.82) is 0 Å². The summed E-state index contributed by atoms with van der Waals surface area (Å²) in [6, 6.07) is 15.7. The van der Waals surface area contributed by atoms with E-state index in [0.717, 1.165) is 10.9 Å². The van der Waals surface area contributed by atoms with E-state index in [4.69, 9.17) is 21.1 Å². The molecule has 7 heteroatoms. The molecule has 0 aliphatic carbocycles. The van der Waals surface area contributed by atoms with Crippen molar-refractivity contribution in [3.63, 3.8) is 0 Å². The second-order valence-electron chi connectivity index (χ2n) is 5.71. The fourth-order valence-corrected chi connectivity index (χ4v) is 2.69. The lowest BCUT2D eigenvalue weighted by atomic mass is 10.1. The number of fused-ring (bicyclic) bond motifs is 1. The molecule has 1 amide bonds. The van der Waals surface area contributed by atoms with Gasteiger partial charge >= 0.3 is 5.97 Å². The van der Waals surface area contributed by atoms with Gasteiger partial charge in [0.1, 0.15) is 10.9 Å². The molecule has 3 rings (SSSR count). The van der Waals surface area contributed by atoms with Crippen molar-refractivity contribution < 1.29 is 19.1 Å². The minimum atomic E-state index is -0.584. The third-order valence-corrected chi connectivity index (χ3v) is 4.10. The van der Waals surface area contributed by atoms with Gasteiger partial charge in [-0.3, -0.25) is 4.79 Å². The Balaban J connectivity index is 1.55. The van der Waals surface area contributed by atoms with Crippen LogP contribution in [0.15, 0.2) is 54.6 Å². The second kappa shape index (κ2) is 8.51. The monoisotopic (exact) mass is 384 g/mol. The summed E-state index contributed by atoms with van der Waals surface area (Å²) in [5.41, 5.74) is 1.85. The number of amides is 1. The van der Waals surface area contributed by atoms with E-state index in [0.29, 0.717) is 22.0 Å². The van der Waals surface area contributed by atoms with Crippen molar-refractivity contribution in [2.24, 2.45) is 0 Å². The molecule has 1 aromatic heterocycles. The zero-order chi connectivity index (χ0) is 19.2. The summed E-state index contributed by atoms with van der Waals surface area (Å²) in [5, 5.41) is 3.83. The fourth-order valence-electron chi connectivity index (χ4n) is 2.54. The minimum absolute atomic E-state index is 0.281. The number of carbonyl (C=O) groups excluding carboxylic acids is 2. The summed E-state index contributed by atoms with van der Waals surface area (Å²) < 4.78 is 10.3. The van der Waals surface area contributed by atoms with Crippen LogP contribution >= 0.6 is 11.6 Å². The van der Waals surface area contributed by atoms with Gasteiger partial charge in [0.15, 0.2) is 6.61 Å². The topological polar surface area (TPSA) is 77.5 Å². The largest absolute Gasteiger partial charge is 0.496 e. The number of rotatable bonds is 6. The molecule has 0 unspecified atom stereocenters. The number of hydrogen-bond acceptors (Lipinski definition) is 5. The van der Waals surface area contributed by atoms with E-state index < -0.39 is 11.9 Å². The Bertz CT molecular complexity index is 991. The van der Waals surface area contributed by atoms with Crippen LogP contribution < -0.4 is 10.1 Å². The molecule has 27 heavy (non-hydrogen) atoms. The number of methoxy groups -OCH3 is 1. The van der Waals surface area contributed by atoms with Crippen LogP contribution in [-0.4, -0.2) is 30.6 Å². The number of hydrogen-bond donors (Lipinski definition) is 1. The van der Waals surface area contributed by atoms with Crippen molar-refractivity contribution in [3.8, 4) is 5.75 Å². The number of carbonyl (C=O) groups is 2. The maximum atomic E-state index is 12.2. The number of benzene rings is 2. The van der Waals surface area contributed by atoms with E-state index in [1.54, 1.807) is 37.4 Å². The number of ether oxygens (including phenoxy) is 2. The van der Waals surface area contributed by atoms with E-state index >= 15 is 0 Å². The molecule has 138 valence electrons. The summed E-state index contributed by atoms with van der Waals surface area (Å²) in [6.07, 6.45) is 0. The number of nitrogens with one attached hydrogen (secondary N) is 1. The van der Waals surface area contributed by atoms with Crippen LogP contribution in [0.25, 0.3) is 10.9 Å². The normalized spacial score (nSPS) is 10.4. The molecule has 6 nitrogen and oxygen atoms in total. The first-order valence-electron chi connectivity index (χ1n) is 8.19. The number of aromatic nitrogens is 1. The molecule has 0 aliphatic rings. The molecule has 0 fully saturated rings. The van der Waals surface area contributed by atoms with Crippen molar-refractivity contribution in [1.82, 2.24) is 10.3 Å². The maximum Gasteiger partial charge on any atom is 0.338 e. The first-order chi connectivity index (χ1) is 13.1. The highest BCUT2D eigenvalue weighted by molar-refractivity contribution is 6.29. The van der Waals surface area contributed by atoms with Gasteiger partial charge in [-0.15, -0.1) is 0 Å². The number of para-hydroxylation sites is 1. The van der Waals surface area contributed by atoms with Crippen LogP contribution in [0.4, 0.5) is 0 Å². The molecule has 3 aromatic rings. The fraction of sp³-hybridized carbons (Fsp3) is 0.150. The van der Waals surface area contributed by atoms with Gasteiger partial charge in [-0.1, -0.05) is 29.8 Å². The molecule has 0 spiro atoms. The Morgan fingerprint density at radius 3 is 2.74 bits per heavy atom. The number of esters is 1. The van der Waals surface area contributed by atoms with Gasteiger partial charge in [0.05, 0.1) is 18.2 Å². The molecular formula is C20H17ClN2O4. The van der Waals surface area contributed by atoms with Crippen LogP contribution in [0.5, 0.6) is 5.75 Å². The molecule has 1 N–H and O–H groups in total. The Morgan fingerprint density at radius 1 is 1.11 bits per heavy atom. The summed E-state index contributed by atoms with van der Waals surface area (Å²) in [4.78, 5) is 28.3. The molecule has 0 atom stereocenters. The predicted octanol–water partition coefficient (Wildman–Crippen LogP) is 3.37. The molecule has 0 saturated heterocycles. The summed E-state index contributed by atoms with van der Waals surface area (Å²) in [7, 11) is 1.56. The first kappa shape index (κ1) is 18.7. The van der Waals surface area contributed by atoms with Gasteiger partial charge in [0.2, 0.25) is 0 Å². The zero-order valence-electron chi connectivity index (χ0n) is 14.6. The third kappa shape index (κ3) is 4.74. The highest BCUT2D eigenvalue weighted by Gasteiger charge is 2.12. The summed E-state index contributed by atoms with van der Waals surface area (Å²) in [6.45, 7) is -0.0896. The van der Waals surface area contributed by atoms with E-state index in [9.17, 15) is 9.59 Å². The van der Waals surface area contributed by atoms with Gasteiger partial charge in [-0.2, -0.15) is 0 Å².